The maximum Gasteiger partial charge on any atom is 0.135 e. The SMILES string of the molecule is C1=CC2c3ccc(-c4ccccc4)c4cccc(c34)C2C=C1c1ccc2c3c(cccc13)-c1ccccc1O2. The second-order valence-electron chi connectivity index (χ2n) is 10.8. The van der Waals surface area contributed by atoms with Crippen molar-refractivity contribution < 1.29 is 4.74 Å². The van der Waals surface area contributed by atoms with Gasteiger partial charge in [-0.25, -0.2) is 0 Å². The average molecular weight is 497 g/mol. The number of hydrogen-bond donors (Lipinski definition) is 0. The highest BCUT2D eigenvalue weighted by Gasteiger charge is 2.34. The van der Waals surface area contributed by atoms with Crippen molar-refractivity contribution in [1.82, 2.24) is 0 Å². The second kappa shape index (κ2) is 7.82. The first kappa shape index (κ1) is 21.1. The standard InChI is InChI=1S/C38H24O/c1-2-8-23(9-3-1)25-18-19-33-27-17-16-24(22-34(27)32-14-6-11-29(25)37(32)33)26-20-21-36-38-30(26)12-7-13-31(38)28-10-4-5-15-35(28)39-36/h1-22,27,34H. The van der Waals surface area contributed by atoms with Crippen molar-refractivity contribution in [2.75, 3.05) is 0 Å². The largest absolute Gasteiger partial charge is 0.456 e. The lowest BCUT2D eigenvalue weighted by Crippen LogP contribution is -2.05. The predicted molar refractivity (Wildman–Crippen MR) is 161 cm³/mol. The van der Waals surface area contributed by atoms with Crippen molar-refractivity contribution in [3.05, 3.63) is 150 Å². The third kappa shape index (κ3) is 2.90. The van der Waals surface area contributed by atoms with Gasteiger partial charge in [0.2, 0.25) is 0 Å². The van der Waals surface area contributed by atoms with Gasteiger partial charge in [-0.1, -0.05) is 121 Å². The van der Waals surface area contributed by atoms with E-state index in [9.17, 15) is 0 Å². The van der Waals surface area contributed by atoms with E-state index in [-0.39, 0.29) is 0 Å². The first-order chi connectivity index (χ1) is 19.3. The van der Waals surface area contributed by atoms with Crippen molar-refractivity contribution in [2.45, 2.75) is 11.8 Å². The summed E-state index contributed by atoms with van der Waals surface area (Å²) in [5.41, 5.74) is 10.4. The van der Waals surface area contributed by atoms with Crippen LogP contribution in [-0.4, -0.2) is 0 Å². The molecule has 6 aromatic carbocycles. The molecular weight excluding hydrogens is 472 g/mol. The summed E-state index contributed by atoms with van der Waals surface area (Å²) in [6.45, 7) is 0. The summed E-state index contributed by atoms with van der Waals surface area (Å²) in [7, 11) is 0. The molecule has 1 nitrogen and oxygen atoms in total. The molecule has 2 atom stereocenters. The van der Waals surface area contributed by atoms with Gasteiger partial charge in [0.15, 0.2) is 0 Å². The Kier molecular flexibility index (Phi) is 4.23. The fraction of sp³-hybridized carbons (Fsp3) is 0.0526. The van der Waals surface area contributed by atoms with Crippen LogP contribution in [0.25, 0.3) is 49.4 Å². The minimum atomic E-state index is 0.331. The number of ether oxygens (including phenoxy) is 1. The Morgan fingerprint density at radius 1 is 0.462 bits per heavy atom. The van der Waals surface area contributed by atoms with Crippen LogP contribution in [0.4, 0.5) is 0 Å². The van der Waals surface area contributed by atoms with E-state index >= 15 is 0 Å². The zero-order chi connectivity index (χ0) is 25.5. The van der Waals surface area contributed by atoms with E-state index in [1.165, 1.54) is 60.5 Å². The topological polar surface area (TPSA) is 9.23 Å². The second-order valence-corrected chi connectivity index (χ2v) is 10.8. The summed E-state index contributed by atoms with van der Waals surface area (Å²) < 4.78 is 6.35. The van der Waals surface area contributed by atoms with Crippen LogP contribution in [0.1, 0.15) is 28.5 Å². The normalized spacial score (nSPS) is 18.0. The molecule has 1 aliphatic heterocycles. The summed E-state index contributed by atoms with van der Waals surface area (Å²) >= 11 is 0. The summed E-state index contributed by atoms with van der Waals surface area (Å²) in [5, 5.41) is 5.23. The molecule has 3 aliphatic rings. The van der Waals surface area contributed by atoms with Crippen LogP contribution in [0.15, 0.2) is 133 Å². The average Bonchev–Trinajstić information content (AvgIpc) is 3.32. The lowest BCUT2D eigenvalue weighted by molar-refractivity contribution is 0.487. The third-order valence-electron chi connectivity index (χ3n) is 8.85. The van der Waals surface area contributed by atoms with Gasteiger partial charge in [-0.05, 0) is 67.2 Å². The Hall–Kier alpha value is -4.88. The van der Waals surface area contributed by atoms with E-state index in [4.69, 9.17) is 4.74 Å². The van der Waals surface area contributed by atoms with E-state index in [0.717, 1.165) is 17.1 Å². The van der Waals surface area contributed by atoms with E-state index in [2.05, 4.69) is 127 Å². The molecule has 0 bridgehead atoms. The highest BCUT2D eigenvalue weighted by molar-refractivity contribution is 6.09. The molecule has 182 valence electrons. The molecule has 0 radical (unpaired) electrons. The lowest BCUT2D eigenvalue weighted by atomic mass is 9.81. The zero-order valence-corrected chi connectivity index (χ0v) is 21.3. The minimum Gasteiger partial charge on any atom is -0.456 e. The summed E-state index contributed by atoms with van der Waals surface area (Å²) in [5.74, 6) is 2.57. The maximum atomic E-state index is 6.35. The summed E-state index contributed by atoms with van der Waals surface area (Å²) in [6.07, 6.45) is 7.27. The van der Waals surface area contributed by atoms with E-state index < -0.39 is 0 Å². The molecule has 0 aromatic heterocycles. The first-order valence-corrected chi connectivity index (χ1v) is 13.7. The molecule has 0 amide bonds. The molecule has 2 unspecified atom stereocenters. The first-order valence-electron chi connectivity index (χ1n) is 13.7. The van der Waals surface area contributed by atoms with Gasteiger partial charge in [-0.3, -0.25) is 0 Å². The van der Waals surface area contributed by atoms with Crippen LogP contribution >= 0.6 is 0 Å². The van der Waals surface area contributed by atoms with Crippen LogP contribution in [-0.2, 0) is 0 Å². The number of fused-ring (bicyclic) bond motifs is 5. The van der Waals surface area contributed by atoms with Crippen molar-refractivity contribution in [3.8, 4) is 33.8 Å². The summed E-state index contributed by atoms with van der Waals surface area (Å²) in [6, 6.07) is 41.7. The van der Waals surface area contributed by atoms with Gasteiger partial charge < -0.3 is 4.74 Å². The number of rotatable bonds is 2. The Morgan fingerprint density at radius 2 is 1.21 bits per heavy atom. The number of allylic oxidation sites excluding steroid dienone is 4. The van der Waals surface area contributed by atoms with Crippen LogP contribution in [0, 0.1) is 0 Å². The maximum absolute atomic E-state index is 6.35. The molecule has 0 N–H and O–H groups in total. The minimum absolute atomic E-state index is 0.331. The predicted octanol–water partition coefficient (Wildman–Crippen LogP) is 10.3. The molecule has 1 heteroatoms. The fourth-order valence-corrected chi connectivity index (χ4v) is 7.16. The van der Waals surface area contributed by atoms with Crippen LogP contribution in [0.3, 0.4) is 0 Å². The molecule has 39 heavy (non-hydrogen) atoms. The van der Waals surface area contributed by atoms with Crippen molar-refractivity contribution >= 4 is 27.1 Å². The number of para-hydroxylation sites is 1. The molecule has 9 rings (SSSR count). The van der Waals surface area contributed by atoms with Gasteiger partial charge in [0, 0.05) is 22.8 Å². The quantitative estimate of drug-likeness (QED) is 0.231. The smallest absolute Gasteiger partial charge is 0.135 e. The van der Waals surface area contributed by atoms with Gasteiger partial charge in [0.25, 0.3) is 0 Å². The monoisotopic (exact) mass is 496 g/mol. The van der Waals surface area contributed by atoms with E-state index in [1.54, 1.807) is 0 Å². The molecule has 2 aliphatic carbocycles. The fourth-order valence-electron chi connectivity index (χ4n) is 7.16. The zero-order valence-electron chi connectivity index (χ0n) is 21.3. The van der Waals surface area contributed by atoms with Gasteiger partial charge in [0.05, 0.1) is 0 Å². The Morgan fingerprint density at radius 3 is 2.13 bits per heavy atom. The highest BCUT2D eigenvalue weighted by atomic mass is 16.5. The lowest BCUT2D eigenvalue weighted by Gasteiger charge is -2.25. The molecule has 0 fully saturated rings. The molecule has 0 saturated heterocycles. The van der Waals surface area contributed by atoms with Crippen LogP contribution < -0.4 is 4.74 Å². The van der Waals surface area contributed by atoms with E-state index in [0.29, 0.717) is 11.8 Å². The van der Waals surface area contributed by atoms with Crippen LogP contribution in [0.2, 0.25) is 0 Å². The molecular formula is C38H24O. The molecule has 1 heterocycles. The van der Waals surface area contributed by atoms with Crippen molar-refractivity contribution in [2.24, 2.45) is 0 Å². The van der Waals surface area contributed by atoms with Crippen LogP contribution in [0.5, 0.6) is 11.5 Å². The van der Waals surface area contributed by atoms with Gasteiger partial charge in [0.1, 0.15) is 11.5 Å². The van der Waals surface area contributed by atoms with E-state index in [1.807, 2.05) is 6.07 Å². The third-order valence-corrected chi connectivity index (χ3v) is 8.85. The van der Waals surface area contributed by atoms with Gasteiger partial charge in [-0.15, -0.1) is 0 Å². The number of hydrogen-bond acceptors (Lipinski definition) is 1. The number of benzene rings is 6. The molecule has 6 aromatic rings. The highest BCUT2D eigenvalue weighted by Crippen LogP contribution is 2.54. The molecule has 0 saturated carbocycles. The Labute approximate surface area is 227 Å². The van der Waals surface area contributed by atoms with Crippen molar-refractivity contribution in [3.63, 3.8) is 0 Å². The molecule has 0 spiro atoms. The van der Waals surface area contributed by atoms with Gasteiger partial charge >= 0.3 is 0 Å². The Bertz CT molecular complexity index is 2040. The Balaban J connectivity index is 1.21. The summed E-state index contributed by atoms with van der Waals surface area (Å²) in [4.78, 5) is 0. The van der Waals surface area contributed by atoms with Gasteiger partial charge in [-0.2, -0.15) is 0 Å². The van der Waals surface area contributed by atoms with Crippen molar-refractivity contribution in [1.29, 1.82) is 0 Å².